The van der Waals surface area contributed by atoms with Crippen LogP contribution in [0.3, 0.4) is 0 Å². The minimum absolute atomic E-state index is 0.363. The van der Waals surface area contributed by atoms with E-state index in [4.69, 9.17) is 33.2 Å². The summed E-state index contributed by atoms with van der Waals surface area (Å²) in [5.74, 6) is 0.479. The van der Waals surface area contributed by atoms with Crippen molar-refractivity contribution in [1.82, 2.24) is 0 Å². The summed E-state index contributed by atoms with van der Waals surface area (Å²) in [4.78, 5) is 0. The quantitative estimate of drug-likeness (QED) is 0.901. The van der Waals surface area contributed by atoms with E-state index in [1.54, 1.807) is 26.1 Å². The lowest BCUT2D eigenvalue weighted by atomic mass is 10.1. The third-order valence-electron chi connectivity index (χ3n) is 2.16. The minimum Gasteiger partial charge on any atom is -0.475 e. The van der Waals surface area contributed by atoms with Crippen molar-refractivity contribution in [3.05, 3.63) is 28.3 Å². The van der Waals surface area contributed by atoms with Gasteiger partial charge in [0.15, 0.2) is 6.10 Å². The first-order valence-corrected chi connectivity index (χ1v) is 5.69. The van der Waals surface area contributed by atoms with Crippen molar-refractivity contribution >= 4 is 35.0 Å². The molecule has 0 saturated heterocycles. The lowest BCUT2D eigenvalue weighted by Gasteiger charge is -2.16. The SMILES string of the molecule is C=Cc1c(OC(C)C#N)cc(Cl)c(Cl)c1NC. The highest BCUT2D eigenvalue weighted by atomic mass is 35.5. The Labute approximate surface area is 111 Å². The van der Waals surface area contributed by atoms with Gasteiger partial charge in [-0.1, -0.05) is 35.9 Å². The van der Waals surface area contributed by atoms with Gasteiger partial charge in [0, 0.05) is 18.7 Å². The van der Waals surface area contributed by atoms with Gasteiger partial charge in [-0.25, -0.2) is 0 Å². The molecule has 0 spiro atoms. The fourth-order valence-electron chi connectivity index (χ4n) is 1.38. The number of halogens is 2. The Balaban J connectivity index is 3.35. The van der Waals surface area contributed by atoms with Crippen LogP contribution >= 0.6 is 23.2 Å². The van der Waals surface area contributed by atoms with Crippen LogP contribution in [0.1, 0.15) is 12.5 Å². The summed E-state index contributed by atoms with van der Waals surface area (Å²) in [6, 6.07) is 3.56. The minimum atomic E-state index is -0.573. The molecule has 0 radical (unpaired) electrons. The molecule has 0 fully saturated rings. The number of benzene rings is 1. The van der Waals surface area contributed by atoms with E-state index in [1.165, 1.54) is 0 Å². The van der Waals surface area contributed by atoms with Crippen molar-refractivity contribution in [1.29, 1.82) is 5.26 Å². The van der Waals surface area contributed by atoms with E-state index in [9.17, 15) is 0 Å². The average Bonchev–Trinajstić information content (AvgIpc) is 2.32. The molecule has 1 aromatic carbocycles. The normalized spacial score (nSPS) is 11.5. The van der Waals surface area contributed by atoms with E-state index in [2.05, 4.69) is 11.9 Å². The molecule has 1 N–H and O–H groups in total. The Hall–Kier alpha value is -1.37. The first-order valence-electron chi connectivity index (χ1n) is 4.93. The molecular weight excluding hydrogens is 259 g/mol. The number of nitrogens with zero attached hydrogens (tertiary/aromatic N) is 1. The zero-order chi connectivity index (χ0) is 13.0. The molecule has 0 aromatic heterocycles. The number of anilines is 1. The van der Waals surface area contributed by atoms with Gasteiger partial charge in [0.2, 0.25) is 0 Å². The van der Waals surface area contributed by atoms with E-state index in [0.29, 0.717) is 27.0 Å². The van der Waals surface area contributed by atoms with Gasteiger partial charge in [-0.3, -0.25) is 0 Å². The first-order chi connectivity index (χ1) is 8.04. The maximum atomic E-state index is 8.73. The van der Waals surface area contributed by atoms with Crippen molar-refractivity contribution in [2.45, 2.75) is 13.0 Å². The summed E-state index contributed by atoms with van der Waals surface area (Å²) < 4.78 is 5.45. The first kappa shape index (κ1) is 13.7. The van der Waals surface area contributed by atoms with Gasteiger partial charge in [0.1, 0.15) is 11.8 Å². The summed E-state index contributed by atoms with van der Waals surface area (Å²) in [7, 11) is 1.72. The van der Waals surface area contributed by atoms with Crippen LogP contribution in [0.25, 0.3) is 6.08 Å². The molecule has 0 aliphatic carbocycles. The molecule has 3 nitrogen and oxygen atoms in total. The van der Waals surface area contributed by atoms with Crippen LogP contribution in [0.15, 0.2) is 12.6 Å². The number of hydrogen-bond donors (Lipinski definition) is 1. The maximum absolute atomic E-state index is 8.73. The molecule has 1 aromatic rings. The molecule has 0 saturated carbocycles. The van der Waals surface area contributed by atoms with Gasteiger partial charge >= 0.3 is 0 Å². The fraction of sp³-hybridized carbons (Fsp3) is 0.250. The fourth-order valence-corrected chi connectivity index (χ4v) is 1.82. The van der Waals surface area contributed by atoms with Crippen LogP contribution in [0, 0.1) is 11.3 Å². The topological polar surface area (TPSA) is 45.0 Å². The van der Waals surface area contributed by atoms with Crippen molar-refractivity contribution in [2.24, 2.45) is 0 Å². The van der Waals surface area contributed by atoms with Crippen LogP contribution in [-0.4, -0.2) is 13.2 Å². The number of ether oxygens (including phenoxy) is 1. The van der Waals surface area contributed by atoms with Crippen LogP contribution in [0.2, 0.25) is 10.0 Å². The van der Waals surface area contributed by atoms with Gasteiger partial charge in [0.25, 0.3) is 0 Å². The van der Waals surface area contributed by atoms with Crippen molar-refractivity contribution < 1.29 is 4.74 Å². The summed E-state index contributed by atoms with van der Waals surface area (Å²) in [5, 5.41) is 12.4. The molecule has 1 atom stereocenters. The Morgan fingerprint density at radius 3 is 2.71 bits per heavy atom. The van der Waals surface area contributed by atoms with E-state index >= 15 is 0 Å². The molecule has 5 heteroatoms. The highest BCUT2D eigenvalue weighted by Gasteiger charge is 2.15. The van der Waals surface area contributed by atoms with Crippen LogP contribution in [-0.2, 0) is 0 Å². The van der Waals surface area contributed by atoms with Crippen LogP contribution in [0.4, 0.5) is 5.69 Å². The van der Waals surface area contributed by atoms with E-state index < -0.39 is 6.10 Å². The molecule has 1 rings (SSSR count). The van der Waals surface area contributed by atoms with Crippen molar-refractivity contribution in [3.63, 3.8) is 0 Å². The smallest absolute Gasteiger partial charge is 0.181 e. The molecule has 0 aliphatic rings. The van der Waals surface area contributed by atoms with Gasteiger partial charge in [0.05, 0.1) is 15.7 Å². The average molecular weight is 271 g/mol. The lowest BCUT2D eigenvalue weighted by molar-refractivity contribution is 0.276. The van der Waals surface area contributed by atoms with Gasteiger partial charge in [-0.15, -0.1) is 0 Å². The Kier molecular flexibility index (Phi) is 4.68. The predicted molar refractivity (Wildman–Crippen MR) is 71.8 cm³/mol. The standard InChI is InChI=1S/C12H12Cl2N2O/c1-4-8-10(17-7(2)6-15)5-9(13)11(14)12(8)16-3/h4-5,7,16H,1H2,2-3H3. The Bertz CT molecular complexity index is 480. The van der Waals surface area contributed by atoms with Gasteiger partial charge < -0.3 is 10.1 Å². The molecule has 0 bridgehead atoms. The van der Waals surface area contributed by atoms with Crippen LogP contribution < -0.4 is 10.1 Å². The molecule has 1 unspecified atom stereocenters. The van der Waals surface area contributed by atoms with E-state index in [0.717, 1.165) is 0 Å². The Morgan fingerprint density at radius 2 is 2.24 bits per heavy atom. The lowest BCUT2D eigenvalue weighted by Crippen LogP contribution is -2.10. The van der Waals surface area contributed by atoms with E-state index in [-0.39, 0.29) is 0 Å². The molecule has 0 heterocycles. The second-order valence-electron chi connectivity index (χ2n) is 3.30. The third-order valence-corrected chi connectivity index (χ3v) is 2.95. The second-order valence-corrected chi connectivity index (χ2v) is 4.09. The summed E-state index contributed by atoms with van der Waals surface area (Å²) in [6.07, 6.45) is 1.03. The largest absolute Gasteiger partial charge is 0.475 e. The highest BCUT2D eigenvalue weighted by molar-refractivity contribution is 6.44. The second kappa shape index (κ2) is 5.81. The number of nitrogens with one attached hydrogen (secondary N) is 1. The Morgan fingerprint density at radius 1 is 1.59 bits per heavy atom. The summed E-state index contributed by atoms with van der Waals surface area (Å²) in [5.41, 5.74) is 1.32. The molecule has 0 aliphatic heterocycles. The molecule has 0 amide bonds. The monoisotopic (exact) mass is 270 g/mol. The van der Waals surface area contributed by atoms with Crippen molar-refractivity contribution in [2.75, 3.05) is 12.4 Å². The summed E-state index contributed by atoms with van der Waals surface area (Å²) in [6.45, 7) is 5.35. The van der Waals surface area contributed by atoms with Crippen LogP contribution in [0.5, 0.6) is 5.75 Å². The number of rotatable bonds is 4. The van der Waals surface area contributed by atoms with Crippen molar-refractivity contribution in [3.8, 4) is 11.8 Å². The zero-order valence-corrected chi connectivity index (χ0v) is 11.1. The predicted octanol–water partition coefficient (Wildman–Crippen LogP) is 3.97. The number of nitriles is 1. The molecule has 90 valence electrons. The zero-order valence-electron chi connectivity index (χ0n) is 9.55. The van der Waals surface area contributed by atoms with Gasteiger partial charge in [-0.2, -0.15) is 5.26 Å². The molecular formula is C12H12Cl2N2O. The maximum Gasteiger partial charge on any atom is 0.181 e. The third kappa shape index (κ3) is 2.85. The number of hydrogen-bond acceptors (Lipinski definition) is 3. The van der Waals surface area contributed by atoms with Gasteiger partial charge in [-0.05, 0) is 6.92 Å². The van der Waals surface area contributed by atoms with E-state index in [1.807, 2.05) is 6.07 Å². The summed E-state index contributed by atoms with van der Waals surface area (Å²) >= 11 is 12.0. The molecule has 17 heavy (non-hydrogen) atoms. The highest BCUT2D eigenvalue weighted by Crippen LogP contribution is 2.40.